The highest BCUT2D eigenvalue weighted by atomic mass is 32.2. The van der Waals surface area contributed by atoms with Gasteiger partial charge in [-0.2, -0.15) is 0 Å². The van der Waals surface area contributed by atoms with Crippen LogP contribution in [-0.4, -0.2) is 34.9 Å². The fourth-order valence-corrected chi connectivity index (χ4v) is 2.80. The van der Waals surface area contributed by atoms with Gasteiger partial charge in [0.1, 0.15) is 0 Å². The zero-order chi connectivity index (χ0) is 13.7. The van der Waals surface area contributed by atoms with Gasteiger partial charge in [0, 0.05) is 25.8 Å². The first kappa shape index (κ1) is 13.9. The topological polar surface area (TPSA) is 70.1 Å². The largest absolute Gasteiger partial charge is 0.383 e. The van der Waals surface area contributed by atoms with E-state index in [2.05, 4.69) is 9.55 Å². The van der Waals surface area contributed by atoms with E-state index in [0.29, 0.717) is 18.8 Å². The van der Waals surface area contributed by atoms with Crippen molar-refractivity contribution >= 4 is 28.7 Å². The van der Waals surface area contributed by atoms with Crippen molar-refractivity contribution in [3.63, 3.8) is 0 Å². The number of nitrogens with two attached hydrogens (primary N) is 1. The van der Waals surface area contributed by atoms with Gasteiger partial charge in [-0.05, 0) is 12.1 Å². The Morgan fingerprint density at radius 2 is 2.26 bits per heavy atom. The second-order valence-corrected chi connectivity index (χ2v) is 5.15. The SMILES string of the molecule is COCCn1c(SCCC(N)=O)nc2ccccc21. The van der Waals surface area contributed by atoms with Crippen LogP contribution in [0.15, 0.2) is 29.4 Å². The fourth-order valence-electron chi connectivity index (χ4n) is 1.81. The van der Waals surface area contributed by atoms with Gasteiger partial charge in [0.25, 0.3) is 0 Å². The number of fused-ring (bicyclic) bond motifs is 1. The predicted octanol–water partition coefficient (Wildman–Crippen LogP) is 1.65. The van der Waals surface area contributed by atoms with E-state index in [9.17, 15) is 4.79 Å². The highest BCUT2D eigenvalue weighted by molar-refractivity contribution is 7.99. The first-order valence-corrected chi connectivity index (χ1v) is 7.06. The van der Waals surface area contributed by atoms with Crippen LogP contribution in [0.1, 0.15) is 6.42 Å². The molecule has 0 atom stereocenters. The van der Waals surface area contributed by atoms with Gasteiger partial charge in [-0.15, -0.1) is 0 Å². The predicted molar refractivity (Wildman–Crippen MR) is 76.1 cm³/mol. The summed E-state index contributed by atoms with van der Waals surface area (Å²) in [7, 11) is 1.68. The van der Waals surface area contributed by atoms with Crippen LogP contribution in [0.3, 0.4) is 0 Å². The zero-order valence-electron chi connectivity index (χ0n) is 10.8. The number of methoxy groups -OCH3 is 1. The molecule has 0 saturated heterocycles. The van der Waals surface area contributed by atoms with Crippen LogP contribution in [-0.2, 0) is 16.1 Å². The monoisotopic (exact) mass is 279 g/mol. The molecule has 0 spiro atoms. The number of hydrogen-bond donors (Lipinski definition) is 1. The Kier molecular flexibility index (Phi) is 4.81. The smallest absolute Gasteiger partial charge is 0.218 e. The van der Waals surface area contributed by atoms with E-state index in [0.717, 1.165) is 22.7 Å². The highest BCUT2D eigenvalue weighted by Gasteiger charge is 2.10. The number of aromatic nitrogens is 2. The molecule has 0 bridgehead atoms. The van der Waals surface area contributed by atoms with Crippen molar-refractivity contribution in [3.8, 4) is 0 Å². The normalized spacial score (nSPS) is 11.0. The maximum Gasteiger partial charge on any atom is 0.218 e. The lowest BCUT2D eigenvalue weighted by atomic mass is 10.3. The van der Waals surface area contributed by atoms with Crippen molar-refractivity contribution in [2.45, 2.75) is 18.1 Å². The average Bonchev–Trinajstić information content (AvgIpc) is 2.74. The van der Waals surface area contributed by atoms with Crippen molar-refractivity contribution in [1.29, 1.82) is 0 Å². The first-order chi connectivity index (χ1) is 9.22. The Bertz CT molecular complexity index is 568. The number of hydrogen-bond acceptors (Lipinski definition) is 4. The average molecular weight is 279 g/mol. The Labute approximate surface area is 116 Å². The summed E-state index contributed by atoms with van der Waals surface area (Å²) < 4.78 is 7.25. The number of para-hydroxylation sites is 2. The van der Waals surface area contributed by atoms with E-state index in [4.69, 9.17) is 10.5 Å². The van der Waals surface area contributed by atoms with Gasteiger partial charge in [-0.3, -0.25) is 4.79 Å². The number of ether oxygens (including phenoxy) is 1. The lowest BCUT2D eigenvalue weighted by Crippen LogP contribution is -2.11. The molecule has 1 amide bonds. The van der Waals surface area contributed by atoms with Crippen LogP contribution >= 0.6 is 11.8 Å². The van der Waals surface area contributed by atoms with Gasteiger partial charge in [-0.1, -0.05) is 23.9 Å². The molecule has 0 aliphatic heterocycles. The third-order valence-electron chi connectivity index (χ3n) is 2.72. The summed E-state index contributed by atoms with van der Waals surface area (Å²) >= 11 is 1.55. The fraction of sp³-hybridized carbons (Fsp3) is 0.385. The third kappa shape index (κ3) is 3.48. The molecule has 19 heavy (non-hydrogen) atoms. The number of carbonyl (C=O) groups excluding carboxylic acids is 1. The van der Waals surface area contributed by atoms with Crippen molar-refractivity contribution in [2.75, 3.05) is 19.5 Å². The molecule has 1 heterocycles. The molecule has 0 aliphatic rings. The third-order valence-corrected chi connectivity index (χ3v) is 3.70. The number of amides is 1. The lowest BCUT2D eigenvalue weighted by molar-refractivity contribution is -0.117. The minimum atomic E-state index is -0.285. The highest BCUT2D eigenvalue weighted by Crippen LogP contribution is 2.24. The molecule has 0 radical (unpaired) electrons. The van der Waals surface area contributed by atoms with Gasteiger partial charge in [0.05, 0.1) is 17.6 Å². The van der Waals surface area contributed by atoms with Crippen LogP contribution in [0.4, 0.5) is 0 Å². The minimum absolute atomic E-state index is 0.285. The minimum Gasteiger partial charge on any atom is -0.383 e. The molecule has 2 rings (SSSR count). The molecule has 0 fully saturated rings. The summed E-state index contributed by atoms with van der Waals surface area (Å²) in [4.78, 5) is 15.4. The van der Waals surface area contributed by atoms with Gasteiger partial charge in [-0.25, -0.2) is 4.98 Å². The maximum atomic E-state index is 10.8. The van der Waals surface area contributed by atoms with E-state index < -0.39 is 0 Å². The van der Waals surface area contributed by atoms with E-state index in [1.807, 2.05) is 24.3 Å². The van der Waals surface area contributed by atoms with Crippen LogP contribution in [0, 0.1) is 0 Å². The number of benzene rings is 1. The van der Waals surface area contributed by atoms with Crippen LogP contribution in [0.2, 0.25) is 0 Å². The molecular formula is C13H17N3O2S. The van der Waals surface area contributed by atoms with Crippen LogP contribution in [0.25, 0.3) is 11.0 Å². The quantitative estimate of drug-likeness (QED) is 0.782. The number of thioether (sulfide) groups is 1. The van der Waals surface area contributed by atoms with Gasteiger partial charge in [0.15, 0.2) is 5.16 Å². The summed E-state index contributed by atoms with van der Waals surface area (Å²) in [6.45, 7) is 1.37. The Balaban J connectivity index is 2.22. The maximum absolute atomic E-state index is 10.8. The molecule has 6 heteroatoms. The summed E-state index contributed by atoms with van der Waals surface area (Å²) in [5.41, 5.74) is 7.19. The second kappa shape index (κ2) is 6.58. The molecule has 2 N–H and O–H groups in total. The number of carbonyl (C=O) groups is 1. The molecule has 5 nitrogen and oxygen atoms in total. The van der Waals surface area contributed by atoms with Gasteiger partial charge < -0.3 is 15.0 Å². The number of nitrogens with zero attached hydrogens (tertiary/aromatic N) is 2. The molecular weight excluding hydrogens is 262 g/mol. The van der Waals surface area contributed by atoms with E-state index in [-0.39, 0.29) is 5.91 Å². The van der Waals surface area contributed by atoms with Crippen molar-refractivity contribution < 1.29 is 9.53 Å². The van der Waals surface area contributed by atoms with E-state index in [1.165, 1.54) is 0 Å². The zero-order valence-corrected chi connectivity index (χ0v) is 11.7. The number of rotatable bonds is 7. The summed E-state index contributed by atoms with van der Waals surface area (Å²) in [6, 6.07) is 7.98. The molecule has 102 valence electrons. The van der Waals surface area contributed by atoms with Crippen LogP contribution < -0.4 is 5.73 Å². The molecule has 1 aromatic carbocycles. The van der Waals surface area contributed by atoms with E-state index in [1.54, 1.807) is 18.9 Å². The summed E-state index contributed by atoms with van der Waals surface area (Å²) in [5, 5.41) is 0.902. The van der Waals surface area contributed by atoms with Crippen molar-refractivity contribution in [1.82, 2.24) is 9.55 Å². The van der Waals surface area contributed by atoms with Crippen molar-refractivity contribution in [2.24, 2.45) is 5.73 Å². The molecule has 0 aliphatic carbocycles. The first-order valence-electron chi connectivity index (χ1n) is 6.07. The molecule has 1 aromatic heterocycles. The van der Waals surface area contributed by atoms with Gasteiger partial charge >= 0.3 is 0 Å². The van der Waals surface area contributed by atoms with Crippen LogP contribution in [0.5, 0.6) is 0 Å². The summed E-state index contributed by atoms with van der Waals surface area (Å²) in [5.74, 6) is 0.359. The lowest BCUT2D eigenvalue weighted by Gasteiger charge is -2.07. The standard InChI is InChI=1S/C13H17N3O2S/c1-18-8-7-16-11-5-3-2-4-10(11)15-13(16)19-9-6-12(14)17/h2-5H,6-9H2,1H3,(H2,14,17). The second-order valence-electron chi connectivity index (χ2n) is 4.09. The van der Waals surface area contributed by atoms with E-state index >= 15 is 0 Å². The van der Waals surface area contributed by atoms with Crippen molar-refractivity contribution in [3.05, 3.63) is 24.3 Å². The van der Waals surface area contributed by atoms with Gasteiger partial charge in [0.2, 0.25) is 5.91 Å². The molecule has 0 unspecified atom stereocenters. The summed E-state index contributed by atoms with van der Waals surface area (Å²) in [6.07, 6.45) is 0.359. The Hall–Kier alpha value is -1.53. The molecule has 0 saturated carbocycles. The molecule has 2 aromatic rings. The number of imidazole rings is 1. The Morgan fingerprint density at radius 3 is 3.00 bits per heavy atom. The Morgan fingerprint density at radius 1 is 1.47 bits per heavy atom. The number of primary amides is 1.